The molecule has 0 fully saturated rings. The number of rotatable bonds is 10. The summed E-state index contributed by atoms with van der Waals surface area (Å²) in [4.78, 5) is 0. The van der Waals surface area contributed by atoms with Crippen LogP contribution in [0.2, 0.25) is 72.5 Å². The van der Waals surface area contributed by atoms with E-state index in [1.165, 1.54) is 15.4 Å². The van der Waals surface area contributed by atoms with Gasteiger partial charge in [0, 0.05) is 0 Å². The molecule has 6 heteroatoms. The minimum absolute atomic E-state index is 0.891. The Bertz CT molecular complexity index is 385. The highest BCUT2D eigenvalue weighted by Crippen LogP contribution is 2.57. The highest BCUT2D eigenvalue weighted by atomic mass is 31.6. The van der Waals surface area contributed by atoms with E-state index in [-0.39, 0.29) is 0 Å². The second kappa shape index (κ2) is 13.0. The van der Waals surface area contributed by atoms with Crippen LogP contribution in [-0.4, -0.2) is 31.0 Å². The van der Waals surface area contributed by atoms with Crippen molar-refractivity contribution in [1.82, 2.24) is 0 Å². The van der Waals surface area contributed by atoms with Gasteiger partial charge >= 0.3 is 0 Å². The monoisotopic (exact) mass is 524 g/mol. The van der Waals surface area contributed by atoms with Gasteiger partial charge in [-0.2, -0.15) is 0 Å². The maximum Gasteiger partial charge on any atom is 0.0815 e. The van der Waals surface area contributed by atoms with Crippen molar-refractivity contribution in [3.8, 4) is 0 Å². The zero-order valence-electron chi connectivity index (χ0n) is 24.5. The Balaban J connectivity index is 0. The lowest BCUT2D eigenvalue weighted by molar-refractivity contribution is 0.850. The molecule has 0 bridgehead atoms. The quantitative estimate of drug-likeness (QED) is 0.197. The average molecular weight is 525 g/mol. The minimum Gasteiger partial charge on any atom is -0.143 e. The molecule has 0 amide bonds. The lowest BCUT2D eigenvalue weighted by Gasteiger charge is -2.46. The highest BCUT2D eigenvalue weighted by molar-refractivity contribution is 8.08. The Morgan fingerprint density at radius 2 is 0.467 bits per heavy atom. The molecule has 0 nitrogen and oxygen atoms in total. The van der Waals surface area contributed by atoms with E-state index < -0.39 is 31.0 Å². The van der Waals surface area contributed by atoms with E-state index in [9.17, 15) is 0 Å². The summed E-state index contributed by atoms with van der Waals surface area (Å²) in [5, 5.41) is 0. The predicted molar refractivity (Wildman–Crippen MR) is 165 cm³/mol. The minimum atomic E-state index is -1.07. The van der Waals surface area contributed by atoms with Gasteiger partial charge in [-0.15, -0.1) is 15.4 Å². The average Bonchev–Trinajstić information content (AvgIpc) is 2.47. The Kier molecular flexibility index (Phi) is 14.7. The van der Waals surface area contributed by atoms with Gasteiger partial charge in [0.15, 0.2) is 0 Å². The fourth-order valence-electron chi connectivity index (χ4n) is 6.17. The molecule has 0 aromatic heterocycles. The Hall–Kier alpha value is 1.73. The van der Waals surface area contributed by atoms with Crippen LogP contribution < -0.4 is 0 Å². The first kappa shape index (κ1) is 33.9. The first-order valence-corrected chi connectivity index (χ1v) is 30.1. The van der Waals surface area contributed by atoms with Crippen molar-refractivity contribution in [1.29, 1.82) is 0 Å². The Morgan fingerprint density at radius 3 is 0.500 bits per heavy atom. The topological polar surface area (TPSA) is 0 Å². The summed E-state index contributed by atoms with van der Waals surface area (Å²) in [7, 11) is -1.29. The zero-order valence-corrected chi connectivity index (χ0v) is 30.5. The van der Waals surface area contributed by atoms with E-state index in [4.69, 9.17) is 0 Å². The molecule has 2 unspecified atom stereocenters. The van der Waals surface area contributed by atoms with Crippen molar-refractivity contribution < 1.29 is 0 Å². The smallest absolute Gasteiger partial charge is 0.0815 e. The van der Waals surface area contributed by atoms with Gasteiger partial charge in [-0.25, -0.2) is 0 Å². The number of hydrogen-bond donors (Lipinski definition) is 0. The van der Waals surface area contributed by atoms with Crippen molar-refractivity contribution in [2.45, 2.75) is 156 Å². The molecule has 0 aromatic carbocycles. The van der Waals surface area contributed by atoms with Gasteiger partial charge < -0.3 is 0 Å². The molecule has 2 atom stereocenters. The second-order valence-corrected chi connectivity index (χ2v) is 53.9. The third kappa shape index (κ3) is 9.92. The van der Waals surface area contributed by atoms with E-state index in [0.29, 0.717) is 0 Å². The molecule has 0 saturated carbocycles. The van der Waals surface area contributed by atoms with Gasteiger partial charge in [0.1, 0.15) is 0 Å². The van der Waals surface area contributed by atoms with Crippen LogP contribution in [0.5, 0.6) is 0 Å². The first-order valence-electron chi connectivity index (χ1n) is 12.7. The maximum atomic E-state index is 2.56. The molecule has 0 aromatic rings. The molecule has 0 spiro atoms. The third-order valence-corrected chi connectivity index (χ3v) is 59.5. The second-order valence-electron chi connectivity index (χ2n) is 13.5. The van der Waals surface area contributed by atoms with Crippen molar-refractivity contribution in [2.24, 2.45) is 0 Å². The lowest BCUT2D eigenvalue weighted by Crippen LogP contribution is -2.43. The van der Waals surface area contributed by atoms with Crippen molar-refractivity contribution in [3.63, 3.8) is 0 Å². The SMILES string of the molecule is CC(C)[Si](P[Si](C)(C)C)(C(C)C)C(C)C.CC(C)[Si](P[Si](C)(C)C)(C(C)C)C(C)C. The van der Waals surface area contributed by atoms with Crippen molar-refractivity contribution in [3.05, 3.63) is 0 Å². The molecule has 0 rings (SSSR count). The molecule has 0 heterocycles. The molecular weight excluding hydrogens is 463 g/mol. The molecule has 30 heavy (non-hydrogen) atoms. The summed E-state index contributed by atoms with van der Waals surface area (Å²) in [5.74, 6) is 0. The van der Waals surface area contributed by atoms with Crippen LogP contribution in [0.3, 0.4) is 0 Å². The van der Waals surface area contributed by atoms with E-state index in [0.717, 1.165) is 33.2 Å². The molecule has 0 aliphatic heterocycles. The molecule has 0 saturated heterocycles. The zero-order chi connectivity index (χ0) is 24.9. The first-order chi connectivity index (χ1) is 13.1. The largest absolute Gasteiger partial charge is 0.143 e. The predicted octanol–water partition coefficient (Wildman–Crippen LogP) is 11.4. The summed E-state index contributed by atoms with van der Waals surface area (Å²) < 4.78 is 0. The van der Waals surface area contributed by atoms with Gasteiger partial charge in [0.25, 0.3) is 0 Å². The maximum absolute atomic E-state index is 2.56. The van der Waals surface area contributed by atoms with Crippen LogP contribution in [0.15, 0.2) is 0 Å². The summed E-state index contributed by atoms with van der Waals surface area (Å²) >= 11 is 0. The molecule has 0 N–H and O–H groups in total. The van der Waals surface area contributed by atoms with Gasteiger partial charge in [0.05, 0.1) is 31.0 Å². The lowest BCUT2D eigenvalue weighted by atomic mass is 10.5. The van der Waals surface area contributed by atoms with Crippen LogP contribution in [0, 0.1) is 0 Å². The van der Waals surface area contributed by atoms with E-state index >= 15 is 0 Å². The summed E-state index contributed by atoms with van der Waals surface area (Å²) in [6.07, 6.45) is 0. The van der Waals surface area contributed by atoms with Crippen LogP contribution in [0.4, 0.5) is 0 Å². The van der Waals surface area contributed by atoms with Gasteiger partial charge in [-0.1, -0.05) is 122 Å². The normalized spacial score (nSPS) is 15.2. The molecule has 0 aliphatic rings. The molecular formula is C24H62P2Si4. The van der Waals surface area contributed by atoms with Gasteiger partial charge in [-0.3, -0.25) is 0 Å². The third-order valence-electron chi connectivity index (χ3n) is 6.92. The summed E-state index contributed by atoms with van der Waals surface area (Å²) in [5.41, 5.74) is 5.68. The Morgan fingerprint density at radius 1 is 0.333 bits per heavy atom. The van der Waals surface area contributed by atoms with E-state index in [1.54, 1.807) is 0 Å². The highest BCUT2D eigenvalue weighted by Gasteiger charge is 2.46. The van der Waals surface area contributed by atoms with E-state index in [1.807, 2.05) is 0 Å². The standard InChI is InChI=1S/2C12H31PSi2/c2*1-10(2)15(11(3)4,12(5)6)13-14(7,8)9/h2*10-13H,1-9H3. The van der Waals surface area contributed by atoms with Crippen molar-refractivity contribution >= 4 is 46.3 Å². The Labute approximate surface area is 201 Å². The van der Waals surface area contributed by atoms with Gasteiger partial charge in [0.2, 0.25) is 0 Å². The molecule has 0 radical (unpaired) electrons. The van der Waals surface area contributed by atoms with Crippen LogP contribution in [0.25, 0.3) is 0 Å². The number of hydrogen-bond acceptors (Lipinski definition) is 0. The van der Waals surface area contributed by atoms with E-state index in [2.05, 4.69) is 122 Å². The van der Waals surface area contributed by atoms with Crippen LogP contribution >= 0.6 is 15.4 Å². The molecule has 0 aliphatic carbocycles. The van der Waals surface area contributed by atoms with Crippen LogP contribution in [-0.2, 0) is 0 Å². The van der Waals surface area contributed by atoms with Crippen LogP contribution in [0.1, 0.15) is 83.1 Å². The van der Waals surface area contributed by atoms with Crippen molar-refractivity contribution in [2.75, 3.05) is 0 Å². The fraction of sp³-hybridized carbons (Fsp3) is 1.00. The summed E-state index contributed by atoms with van der Waals surface area (Å²) in [6, 6.07) is 0. The summed E-state index contributed by atoms with van der Waals surface area (Å²) in [6.45, 7) is 45.2. The molecule has 184 valence electrons. The fourth-order valence-corrected chi connectivity index (χ4v) is 70.5. The van der Waals surface area contributed by atoms with Gasteiger partial charge in [-0.05, 0) is 33.2 Å².